The van der Waals surface area contributed by atoms with E-state index in [1.54, 1.807) is 0 Å². The highest BCUT2D eigenvalue weighted by molar-refractivity contribution is 9.11. The molecule has 0 bridgehead atoms. The fraction of sp³-hybridized carbons (Fsp3) is 0.0455. The second kappa shape index (κ2) is 10.4. The van der Waals surface area contributed by atoms with Gasteiger partial charge in [-0.1, -0.05) is 129 Å². The molecule has 2 aliphatic carbocycles. The van der Waals surface area contributed by atoms with Gasteiger partial charge in [0.25, 0.3) is 0 Å². The van der Waals surface area contributed by atoms with Gasteiger partial charge in [0.2, 0.25) is 0 Å². The molecule has 0 aliphatic heterocycles. The first kappa shape index (κ1) is 27.4. The predicted molar refractivity (Wildman–Crippen MR) is 204 cm³/mol. The Morgan fingerprint density at radius 3 is 1.32 bits per heavy atom. The third kappa shape index (κ3) is 4.34. The van der Waals surface area contributed by atoms with Crippen LogP contribution < -0.4 is 0 Å². The lowest BCUT2D eigenvalue weighted by Gasteiger charge is -2.11. The highest BCUT2D eigenvalue weighted by atomic mass is 79.9. The van der Waals surface area contributed by atoms with Crippen molar-refractivity contribution >= 4 is 53.7 Å². The van der Waals surface area contributed by atoms with Crippen LogP contribution in [-0.4, -0.2) is 4.57 Å². The zero-order valence-corrected chi connectivity index (χ0v) is 28.6. The molecule has 1 nitrogen and oxygen atoms in total. The number of fused-ring (bicyclic) bond motifs is 9. The van der Waals surface area contributed by atoms with Crippen LogP contribution in [0.3, 0.4) is 0 Å². The van der Waals surface area contributed by atoms with Crippen LogP contribution in [0.4, 0.5) is 0 Å². The minimum Gasteiger partial charge on any atom is -0.309 e. The van der Waals surface area contributed by atoms with Gasteiger partial charge in [0.15, 0.2) is 0 Å². The molecule has 0 atom stereocenters. The number of hydrogen-bond acceptors (Lipinski definition) is 0. The van der Waals surface area contributed by atoms with Crippen LogP contribution in [0.2, 0.25) is 0 Å². The SMILES string of the molecule is Brc1cc(Br)cc(-n2c3ccc(-c4ccc5c(c4)Cc4ccccc4-5)cc3c3cc(-c4ccc5c(c4)Cc4ccccc4-5)ccc32)c1. The van der Waals surface area contributed by atoms with E-state index < -0.39 is 0 Å². The Labute approximate surface area is 290 Å². The lowest BCUT2D eigenvalue weighted by Crippen LogP contribution is -1.94. The number of benzene rings is 7. The van der Waals surface area contributed by atoms with Gasteiger partial charge in [0.05, 0.1) is 11.0 Å². The maximum absolute atomic E-state index is 3.74. The molecule has 1 aromatic heterocycles. The molecule has 1 heterocycles. The Bertz CT molecular complexity index is 2430. The molecule has 0 N–H and O–H groups in total. The minimum atomic E-state index is 0.994. The summed E-state index contributed by atoms with van der Waals surface area (Å²) in [5.74, 6) is 0. The van der Waals surface area contributed by atoms with Gasteiger partial charge in [-0.2, -0.15) is 0 Å². The van der Waals surface area contributed by atoms with Crippen molar-refractivity contribution in [2.24, 2.45) is 0 Å². The van der Waals surface area contributed by atoms with E-state index in [-0.39, 0.29) is 0 Å². The van der Waals surface area contributed by atoms with Crippen LogP contribution >= 0.6 is 31.9 Å². The van der Waals surface area contributed by atoms with Gasteiger partial charge in [-0.15, -0.1) is 0 Å². The number of hydrogen-bond donors (Lipinski definition) is 0. The fourth-order valence-electron chi connectivity index (χ4n) is 7.98. The van der Waals surface area contributed by atoms with Gasteiger partial charge in [-0.25, -0.2) is 0 Å². The van der Waals surface area contributed by atoms with Crippen molar-refractivity contribution in [3.05, 3.63) is 171 Å². The van der Waals surface area contributed by atoms with E-state index in [0.29, 0.717) is 0 Å². The molecule has 222 valence electrons. The van der Waals surface area contributed by atoms with Gasteiger partial charge in [-0.3, -0.25) is 0 Å². The Balaban J connectivity index is 1.15. The van der Waals surface area contributed by atoms with Crippen LogP contribution in [0.25, 0.3) is 72.0 Å². The molecule has 0 amide bonds. The van der Waals surface area contributed by atoms with Crippen LogP contribution in [0.1, 0.15) is 22.3 Å². The average Bonchev–Trinajstić information content (AvgIpc) is 3.76. The van der Waals surface area contributed by atoms with E-state index >= 15 is 0 Å². The molecule has 8 aromatic rings. The van der Waals surface area contributed by atoms with Crippen molar-refractivity contribution in [3.63, 3.8) is 0 Å². The summed E-state index contributed by atoms with van der Waals surface area (Å²) in [5, 5.41) is 2.51. The Morgan fingerprint density at radius 1 is 0.383 bits per heavy atom. The zero-order valence-electron chi connectivity index (χ0n) is 25.4. The maximum atomic E-state index is 3.74. The Morgan fingerprint density at radius 2 is 0.809 bits per heavy atom. The van der Waals surface area contributed by atoms with Crippen molar-refractivity contribution in [1.29, 1.82) is 0 Å². The van der Waals surface area contributed by atoms with E-state index in [1.807, 2.05) is 0 Å². The van der Waals surface area contributed by atoms with Crippen LogP contribution in [0.15, 0.2) is 148 Å². The Kier molecular flexibility index (Phi) is 6.07. The Hall–Kier alpha value is -4.70. The molecule has 0 spiro atoms. The largest absolute Gasteiger partial charge is 0.309 e. The summed E-state index contributed by atoms with van der Waals surface area (Å²) in [6.07, 6.45) is 1.99. The summed E-state index contributed by atoms with van der Waals surface area (Å²) >= 11 is 7.48. The highest BCUT2D eigenvalue weighted by Gasteiger charge is 2.21. The van der Waals surface area contributed by atoms with E-state index in [4.69, 9.17) is 0 Å². The average molecular weight is 730 g/mol. The molecule has 0 fully saturated rings. The van der Waals surface area contributed by atoms with Gasteiger partial charge in [0.1, 0.15) is 0 Å². The van der Waals surface area contributed by atoms with Crippen molar-refractivity contribution in [1.82, 2.24) is 4.57 Å². The molecule has 47 heavy (non-hydrogen) atoms. The maximum Gasteiger partial charge on any atom is 0.0541 e. The van der Waals surface area contributed by atoms with Crippen molar-refractivity contribution in [2.75, 3.05) is 0 Å². The second-order valence-corrected chi connectivity index (χ2v) is 14.7. The molecule has 3 heteroatoms. The van der Waals surface area contributed by atoms with Crippen LogP contribution in [0, 0.1) is 0 Å². The number of halogens is 2. The molecular formula is C44H27Br2N. The number of nitrogens with zero attached hydrogens (tertiary/aromatic N) is 1. The lowest BCUT2D eigenvalue weighted by atomic mass is 9.96. The van der Waals surface area contributed by atoms with Crippen LogP contribution in [-0.2, 0) is 12.8 Å². The minimum absolute atomic E-state index is 0.994. The molecular weight excluding hydrogens is 702 g/mol. The third-order valence-electron chi connectivity index (χ3n) is 10.1. The first-order valence-corrected chi connectivity index (χ1v) is 17.6. The zero-order chi connectivity index (χ0) is 31.2. The van der Waals surface area contributed by atoms with E-state index in [9.17, 15) is 0 Å². The molecule has 7 aromatic carbocycles. The number of rotatable bonds is 3. The topological polar surface area (TPSA) is 4.93 Å². The van der Waals surface area contributed by atoms with E-state index in [0.717, 1.165) is 27.5 Å². The quantitative estimate of drug-likeness (QED) is 0.171. The summed E-state index contributed by atoms with van der Waals surface area (Å²) in [5.41, 5.74) is 19.7. The summed E-state index contributed by atoms with van der Waals surface area (Å²) in [6.45, 7) is 0. The van der Waals surface area contributed by atoms with Gasteiger partial charge < -0.3 is 4.57 Å². The molecule has 0 saturated carbocycles. The summed E-state index contributed by atoms with van der Waals surface area (Å²) in [4.78, 5) is 0. The number of aromatic nitrogens is 1. The molecule has 0 saturated heterocycles. The predicted octanol–water partition coefficient (Wildman–Crippen LogP) is 12.8. The third-order valence-corrected chi connectivity index (χ3v) is 11.0. The molecule has 0 unspecified atom stereocenters. The molecule has 2 aliphatic rings. The lowest BCUT2D eigenvalue weighted by molar-refractivity contribution is 1.17. The summed E-state index contributed by atoms with van der Waals surface area (Å²) in [6, 6.07) is 52.0. The highest BCUT2D eigenvalue weighted by Crippen LogP contribution is 2.43. The smallest absolute Gasteiger partial charge is 0.0541 e. The first-order chi connectivity index (χ1) is 23.1. The van der Waals surface area contributed by atoms with Crippen molar-refractivity contribution in [2.45, 2.75) is 12.8 Å². The van der Waals surface area contributed by atoms with Gasteiger partial charge in [-0.05, 0) is 122 Å². The van der Waals surface area contributed by atoms with E-state index in [2.05, 4.69) is 176 Å². The van der Waals surface area contributed by atoms with E-state index in [1.165, 1.54) is 88.6 Å². The molecule has 0 radical (unpaired) electrons. The summed E-state index contributed by atoms with van der Waals surface area (Å²) in [7, 11) is 0. The fourth-order valence-corrected chi connectivity index (χ4v) is 9.25. The summed E-state index contributed by atoms with van der Waals surface area (Å²) < 4.78 is 4.48. The van der Waals surface area contributed by atoms with Gasteiger partial charge >= 0.3 is 0 Å². The van der Waals surface area contributed by atoms with Crippen molar-refractivity contribution < 1.29 is 0 Å². The monoisotopic (exact) mass is 727 g/mol. The normalized spacial score (nSPS) is 12.7. The van der Waals surface area contributed by atoms with Gasteiger partial charge in [0, 0.05) is 25.4 Å². The first-order valence-electron chi connectivity index (χ1n) is 16.1. The second-order valence-electron chi connectivity index (χ2n) is 12.8. The molecule has 10 rings (SSSR count). The van der Waals surface area contributed by atoms with Crippen LogP contribution in [0.5, 0.6) is 0 Å². The van der Waals surface area contributed by atoms with Crippen molar-refractivity contribution in [3.8, 4) is 50.2 Å². The standard InChI is InChI=1S/C44H27Br2N/c45-34-23-35(46)25-36(24-34)47-43-15-11-28(26-9-13-39-32(17-26)19-30-5-1-3-7-37(30)39)21-41(43)42-22-29(12-16-44(42)47)27-10-14-40-33(18-27)20-31-6-2-4-8-38(31)40/h1-18,21-25H,19-20H2.